The zero-order chi connectivity index (χ0) is 22.0. The molecule has 1 aliphatic rings. The van der Waals surface area contributed by atoms with Gasteiger partial charge in [-0.15, -0.1) is 0 Å². The van der Waals surface area contributed by atoms with Crippen molar-refractivity contribution in [3.05, 3.63) is 77.6 Å². The molecule has 1 saturated heterocycles. The molecule has 1 aliphatic heterocycles. The number of alkyl halides is 3. The Morgan fingerprint density at radius 3 is 2.35 bits per heavy atom. The number of hydrogen-bond donors (Lipinski definition) is 1. The maximum Gasteiger partial charge on any atom is 0.434 e. The molecule has 3 aromatic rings. The Hall–Kier alpha value is -3.62. The molecule has 1 aromatic heterocycles. The van der Waals surface area contributed by atoms with Crippen molar-refractivity contribution in [2.24, 2.45) is 0 Å². The maximum absolute atomic E-state index is 13.7. The number of nitrogens with one attached hydrogen (secondary N) is 1. The van der Waals surface area contributed by atoms with Crippen molar-refractivity contribution in [1.29, 1.82) is 0 Å². The van der Waals surface area contributed by atoms with Crippen LogP contribution in [0.4, 0.5) is 18.9 Å². The fourth-order valence-electron chi connectivity index (χ4n) is 3.54. The lowest BCUT2D eigenvalue weighted by Gasteiger charge is -2.16. The van der Waals surface area contributed by atoms with Crippen molar-refractivity contribution >= 4 is 17.5 Å². The van der Waals surface area contributed by atoms with E-state index in [0.29, 0.717) is 18.5 Å². The van der Waals surface area contributed by atoms with E-state index in [1.807, 2.05) is 0 Å². The van der Waals surface area contributed by atoms with Gasteiger partial charge in [-0.25, -0.2) is 4.68 Å². The van der Waals surface area contributed by atoms with E-state index in [-0.39, 0.29) is 18.1 Å². The lowest BCUT2D eigenvalue weighted by atomic mass is 10.1. The molecule has 0 saturated carbocycles. The molecule has 31 heavy (non-hydrogen) atoms. The second kappa shape index (κ2) is 8.25. The highest BCUT2D eigenvalue weighted by atomic mass is 19.4. The number of hydrogen-bond acceptors (Lipinski definition) is 3. The molecule has 2 aromatic carbocycles. The number of nitrogens with zero attached hydrogens (tertiary/aromatic N) is 3. The Labute approximate surface area is 176 Å². The summed E-state index contributed by atoms with van der Waals surface area (Å²) in [7, 11) is 0. The van der Waals surface area contributed by atoms with Gasteiger partial charge in [0, 0.05) is 25.2 Å². The summed E-state index contributed by atoms with van der Waals surface area (Å²) >= 11 is 0. The number of halogens is 3. The number of rotatable bonds is 5. The van der Waals surface area contributed by atoms with Gasteiger partial charge in [0.15, 0.2) is 5.69 Å². The molecule has 0 aliphatic carbocycles. The van der Waals surface area contributed by atoms with Crippen LogP contribution in [-0.2, 0) is 17.5 Å². The van der Waals surface area contributed by atoms with Crippen LogP contribution in [0.5, 0.6) is 0 Å². The van der Waals surface area contributed by atoms with Gasteiger partial charge in [-0.3, -0.25) is 9.59 Å². The van der Waals surface area contributed by atoms with Gasteiger partial charge >= 0.3 is 6.18 Å². The topological polar surface area (TPSA) is 67.2 Å². The third kappa shape index (κ3) is 4.30. The molecule has 9 heteroatoms. The number of para-hydroxylation sites is 1. The van der Waals surface area contributed by atoms with Gasteiger partial charge in [0.1, 0.15) is 0 Å². The zero-order valence-corrected chi connectivity index (χ0v) is 16.4. The lowest BCUT2D eigenvalue weighted by Crippen LogP contribution is -2.26. The molecule has 0 unspecified atom stereocenters. The first kappa shape index (κ1) is 20.6. The van der Waals surface area contributed by atoms with Gasteiger partial charge in [0.05, 0.1) is 17.4 Å². The number of anilines is 1. The molecule has 4 rings (SSSR count). The minimum absolute atomic E-state index is 0.0425. The normalized spacial score (nSPS) is 14.2. The lowest BCUT2D eigenvalue weighted by molar-refractivity contribution is -0.143. The highest BCUT2D eigenvalue weighted by Gasteiger charge is 2.40. The predicted octanol–water partition coefficient (Wildman–Crippen LogP) is 3.95. The van der Waals surface area contributed by atoms with Crippen LogP contribution in [0.1, 0.15) is 34.5 Å². The van der Waals surface area contributed by atoms with Gasteiger partial charge in [-0.1, -0.05) is 30.3 Å². The van der Waals surface area contributed by atoms with Crippen LogP contribution in [0, 0.1) is 0 Å². The molecule has 0 radical (unpaired) electrons. The largest absolute Gasteiger partial charge is 0.434 e. The Balaban J connectivity index is 1.50. The van der Waals surface area contributed by atoms with Gasteiger partial charge in [0.2, 0.25) is 5.91 Å². The minimum Gasteiger partial charge on any atom is -0.348 e. The third-order valence-corrected chi connectivity index (χ3v) is 5.06. The summed E-state index contributed by atoms with van der Waals surface area (Å²) in [5, 5.41) is 6.31. The fraction of sp³-hybridized carbons (Fsp3) is 0.227. The Morgan fingerprint density at radius 2 is 1.74 bits per heavy atom. The molecule has 1 N–H and O–H groups in total. The standard InChI is InChI=1S/C22H19F3N4O2/c23-22(24,25)20-18(14-27-29(20)17-5-2-1-3-6-17)21(31)26-13-15-8-10-16(11-9-15)28-12-4-7-19(28)30/h1-3,5-6,8-11,14H,4,7,12-13H2,(H,26,31). The summed E-state index contributed by atoms with van der Waals surface area (Å²) in [5.74, 6) is -0.801. The van der Waals surface area contributed by atoms with Crippen molar-refractivity contribution in [3.8, 4) is 5.69 Å². The zero-order valence-electron chi connectivity index (χ0n) is 16.4. The van der Waals surface area contributed by atoms with Crippen LogP contribution < -0.4 is 10.2 Å². The second-order valence-electron chi connectivity index (χ2n) is 7.15. The molecular formula is C22H19F3N4O2. The van der Waals surface area contributed by atoms with E-state index in [1.54, 1.807) is 47.4 Å². The minimum atomic E-state index is -4.76. The van der Waals surface area contributed by atoms with Gasteiger partial charge < -0.3 is 10.2 Å². The SMILES string of the molecule is O=C(NCc1ccc(N2CCCC2=O)cc1)c1cnn(-c2ccccc2)c1C(F)(F)F. The van der Waals surface area contributed by atoms with E-state index in [2.05, 4.69) is 10.4 Å². The first-order valence-electron chi connectivity index (χ1n) is 9.73. The summed E-state index contributed by atoms with van der Waals surface area (Å²) in [6.07, 6.45) is -2.50. The molecule has 2 amide bonds. The molecule has 0 bridgehead atoms. The van der Waals surface area contributed by atoms with Crippen LogP contribution >= 0.6 is 0 Å². The van der Waals surface area contributed by atoms with Crippen LogP contribution in [0.2, 0.25) is 0 Å². The average molecular weight is 428 g/mol. The molecule has 1 fully saturated rings. The Bertz CT molecular complexity index is 1090. The van der Waals surface area contributed by atoms with E-state index in [0.717, 1.165) is 23.0 Å². The van der Waals surface area contributed by atoms with E-state index in [1.165, 1.54) is 12.1 Å². The number of amides is 2. The van der Waals surface area contributed by atoms with Crippen LogP contribution in [0.25, 0.3) is 5.69 Å². The van der Waals surface area contributed by atoms with Crippen molar-refractivity contribution in [2.45, 2.75) is 25.6 Å². The quantitative estimate of drug-likeness (QED) is 0.669. The molecule has 0 atom stereocenters. The molecule has 6 nitrogen and oxygen atoms in total. The summed E-state index contributed by atoms with van der Waals surface area (Å²) in [6.45, 7) is 0.710. The Kier molecular flexibility index (Phi) is 5.50. The van der Waals surface area contributed by atoms with Crippen LogP contribution in [-0.4, -0.2) is 28.1 Å². The summed E-state index contributed by atoms with van der Waals surface area (Å²) in [4.78, 5) is 26.0. The van der Waals surface area contributed by atoms with E-state index >= 15 is 0 Å². The van der Waals surface area contributed by atoms with Crippen LogP contribution in [0.15, 0.2) is 60.8 Å². The highest BCUT2D eigenvalue weighted by molar-refractivity contribution is 5.96. The van der Waals surface area contributed by atoms with E-state index in [4.69, 9.17) is 0 Å². The van der Waals surface area contributed by atoms with E-state index < -0.39 is 23.3 Å². The summed E-state index contributed by atoms with van der Waals surface area (Å²) in [6, 6.07) is 14.8. The summed E-state index contributed by atoms with van der Waals surface area (Å²) in [5.41, 5.74) is 0.00415. The number of aromatic nitrogens is 2. The van der Waals surface area contributed by atoms with Crippen molar-refractivity contribution < 1.29 is 22.8 Å². The number of benzene rings is 2. The van der Waals surface area contributed by atoms with Gasteiger partial charge in [0.25, 0.3) is 5.91 Å². The van der Waals surface area contributed by atoms with Crippen molar-refractivity contribution in [1.82, 2.24) is 15.1 Å². The number of carbonyl (C=O) groups excluding carboxylic acids is 2. The molecule has 160 valence electrons. The van der Waals surface area contributed by atoms with Gasteiger partial charge in [-0.05, 0) is 36.2 Å². The molecule has 0 spiro atoms. The second-order valence-corrected chi connectivity index (χ2v) is 7.15. The average Bonchev–Trinajstić information content (AvgIpc) is 3.39. The first-order chi connectivity index (χ1) is 14.8. The maximum atomic E-state index is 13.7. The predicted molar refractivity (Wildman–Crippen MR) is 108 cm³/mol. The Morgan fingerprint density at radius 1 is 1.03 bits per heavy atom. The third-order valence-electron chi connectivity index (χ3n) is 5.06. The highest BCUT2D eigenvalue weighted by Crippen LogP contribution is 2.33. The number of carbonyl (C=O) groups is 2. The van der Waals surface area contributed by atoms with Crippen molar-refractivity contribution in [2.75, 3.05) is 11.4 Å². The monoisotopic (exact) mass is 428 g/mol. The summed E-state index contributed by atoms with van der Waals surface area (Å²) < 4.78 is 41.8. The first-order valence-corrected chi connectivity index (χ1v) is 9.73. The van der Waals surface area contributed by atoms with Gasteiger partial charge in [-0.2, -0.15) is 18.3 Å². The molecular weight excluding hydrogens is 409 g/mol. The fourth-order valence-corrected chi connectivity index (χ4v) is 3.54. The van der Waals surface area contributed by atoms with Crippen molar-refractivity contribution in [3.63, 3.8) is 0 Å². The van der Waals surface area contributed by atoms with E-state index in [9.17, 15) is 22.8 Å². The smallest absolute Gasteiger partial charge is 0.348 e. The van der Waals surface area contributed by atoms with Crippen LogP contribution in [0.3, 0.4) is 0 Å². The molecule has 2 heterocycles.